The molecule has 0 bridgehead atoms. The maximum atomic E-state index is 13.0. The largest absolute Gasteiger partial charge is 0.360 e. The summed E-state index contributed by atoms with van der Waals surface area (Å²) in [5, 5.41) is 2.68. The summed E-state index contributed by atoms with van der Waals surface area (Å²) in [7, 11) is -3.96. The molecule has 0 atom stereocenters. The highest BCUT2D eigenvalue weighted by Gasteiger charge is 2.18. The number of benzene rings is 3. The van der Waals surface area contributed by atoms with Gasteiger partial charge in [0.25, 0.3) is 15.9 Å². The van der Waals surface area contributed by atoms with Gasteiger partial charge in [-0.2, -0.15) is 0 Å². The minimum absolute atomic E-state index is 0.0682. The Morgan fingerprint density at radius 3 is 2.32 bits per heavy atom. The first kappa shape index (κ1) is 23.2. The molecule has 174 valence electrons. The fraction of sp³-hybridized carbons (Fsp3) is 0.120. The van der Waals surface area contributed by atoms with Crippen LogP contribution in [-0.4, -0.2) is 19.3 Å². The number of sulfonamides is 1. The van der Waals surface area contributed by atoms with Gasteiger partial charge in [0.15, 0.2) is 0 Å². The molecule has 1 aromatic heterocycles. The predicted octanol–water partition coefficient (Wildman–Crippen LogP) is 3.96. The number of fused-ring (bicyclic) bond motifs is 1. The molecule has 3 N–H and O–H groups in total. The van der Waals surface area contributed by atoms with Gasteiger partial charge in [0, 0.05) is 29.3 Å². The van der Waals surface area contributed by atoms with Crippen LogP contribution in [0.4, 0.5) is 10.1 Å². The number of carbonyl (C=O) groups is 1. The Kier molecular flexibility index (Phi) is 6.47. The van der Waals surface area contributed by atoms with Crippen molar-refractivity contribution >= 4 is 32.5 Å². The minimum Gasteiger partial charge on any atom is -0.360 e. The normalized spacial score (nSPS) is 11.4. The molecule has 0 fully saturated rings. The van der Waals surface area contributed by atoms with Gasteiger partial charge in [-0.25, -0.2) is 12.8 Å². The molecular formula is C25H22FN3O4S. The number of H-pyrrole nitrogens is 1. The third-order valence-electron chi connectivity index (χ3n) is 5.39. The summed E-state index contributed by atoms with van der Waals surface area (Å²) >= 11 is 0. The lowest BCUT2D eigenvalue weighted by Gasteiger charge is -2.10. The summed E-state index contributed by atoms with van der Waals surface area (Å²) in [4.78, 5) is 28.3. The Balaban J connectivity index is 1.59. The summed E-state index contributed by atoms with van der Waals surface area (Å²) in [5.74, 6) is -1.02. The number of amides is 1. The molecule has 0 unspecified atom stereocenters. The molecule has 1 heterocycles. The van der Waals surface area contributed by atoms with Crippen LogP contribution in [0.3, 0.4) is 0 Å². The van der Waals surface area contributed by atoms with E-state index < -0.39 is 21.4 Å². The van der Waals surface area contributed by atoms with E-state index in [1.807, 2.05) is 19.1 Å². The third kappa shape index (κ3) is 4.99. The zero-order valence-corrected chi connectivity index (χ0v) is 19.1. The summed E-state index contributed by atoms with van der Waals surface area (Å²) in [6.07, 6.45) is 2.12. The van der Waals surface area contributed by atoms with Crippen molar-refractivity contribution in [2.24, 2.45) is 0 Å². The second-order valence-electron chi connectivity index (χ2n) is 7.70. The number of rotatable bonds is 7. The lowest BCUT2D eigenvalue weighted by Crippen LogP contribution is -2.28. The van der Waals surface area contributed by atoms with Gasteiger partial charge in [-0.15, -0.1) is 0 Å². The molecule has 0 radical (unpaired) electrons. The number of hydrogen-bond donors (Lipinski definition) is 3. The van der Waals surface area contributed by atoms with Gasteiger partial charge in [0.1, 0.15) is 11.4 Å². The molecule has 0 saturated carbocycles. The van der Waals surface area contributed by atoms with Crippen molar-refractivity contribution in [1.82, 2.24) is 10.3 Å². The average molecular weight is 480 g/mol. The van der Waals surface area contributed by atoms with Crippen LogP contribution < -0.4 is 15.5 Å². The quantitative estimate of drug-likeness (QED) is 0.373. The zero-order valence-electron chi connectivity index (χ0n) is 18.3. The molecule has 0 aliphatic heterocycles. The van der Waals surface area contributed by atoms with E-state index in [1.54, 1.807) is 12.1 Å². The molecule has 1 amide bonds. The van der Waals surface area contributed by atoms with Crippen molar-refractivity contribution in [2.45, 2.75) is 24.8 Å². The number of aryl methyl sites for hydroxylation is 1. The summed E-state index contributed by atoms with van der Waals surface area (Å²) < 4.78 is 41.3. The molecule has 0 saturated heterocycles. The highest BCUT2D eigenvalue weighted by molar-refractivity contribution is 7.92. The molecule has 0 aliphatic carbocycles. The lowest BCUT2D eigenvalue weighted by atomic mass is 10.1. The number of aromatic amines is 1. The molecule has 0 spiro atoms. The van der Waals surface area contributed by atoms with Gasteiger partial charge in [-0.3, -0.25) is 14.3 Å². The standard InChI is InChI=1S/C25H22FN3O4S/c1-2-16-5-9-19(10-6-16)29-34(32,33)20-11-12-23-21(13-20)24(30)22(15-27-23)25(31)28-14-17-3-7-18(26)8-4-17/h3-13,15,29H,2,14H2,1H3,(H,27,30)(H,28,31). The first-order valence-corrected chi connectivity index (χ1v) is 12.0. The van der Waals surface area contributed by atoms with E-state index in [1.165, 1.54) is 48.7 Å². The third-order valence-corrected chi connectivity index (χ3v) is 6.77. The van der Waals surface area contributed by atoms with Crippen molar-refractivity contribution in [3.05, 3.63) is 106 Å². The topological polar surface area (TPSA) is 108 Å². The fourth-order valence-corrected chi connectivity index (χ4v) is 4.52. The Bertz CT molecular complexity index is 1510. The monoisotopic (exact) mass is 479 g/mol. The van der Waals surface area contributed by atoms with Crippen LogP contribution in [0, 0.1) is 5.82 Å². The van der Waals surface area contributed by atoms with Gasteiger partial charge in [0.2, 0.25) is 5.43 Å². The summed E-state index contributed by atoms with van der Waals surface area (Å²) in [5.41, 5.74) is 1.78. The van der Waals surface area contributed by atoms with Crippen LogP contribution in [0.2, 0.25) is 0 Å². The number of anilines is 1. The maximum Gasteiger partial charge on any atom is 0.261 e. The summed E-state index contributed by atoms with van der Waals surface area (Å²) in [6.45, 7) is 2.11. The van der Waals surface area contributed by atoms with E-state index in [0.29, 0.717) is 16.8 Å². The van der Waals surface area contributed by atoms with E-state index in [4.69, 9.17) is 0 Å². The number of nitrogens with one attached hydrogen (secondary N) is 3. The van der Waals surface area contributed by atoms with Crippen molar-refractivity contribution < 1.29 is 17.6 Å². The first-order chi connectivity index (χ1) is 16.3. The Morgan fingerprint density at radius 2 is 1.65 bits per heavy atom. The van der Waals surface area contributed by atoms with E-state index >= 15 is 0 Å². The van der Waals surface area contributed by atoms with E-state index in [-0.39, 0.29) is 28.2 Å². The second kappa shape index (κ2) is 9.48. The number of aromatic nitrogens is 1. The number of halogens is 1. The second-order valence-corrected chi connectivity index (χ2v) is 9.39. The van der Waals surface area contributed by atoms with Gasteiger partial charge in [-0.1, -0.05) is 31.2 Å². The molecule has 34 heavy (non-hydrogen) atoms. The van der Waals surface area contributed by atoms with Gasteiger partial charge in [-0.05, 0) is 60.0 Å². The lowest BCUT2D eigenvalue weighted by molar-refractivity contribution is 0.0949. The van der Waals surface area contributed by atoms with Crippen molar-refractivity contribution in [1.29, 1.82) is 0 Å². The summed E-state index contributed by atoms with van der Waals surface area (Å²) in [6, 6.07) is 16.7. The van der Waals surface area contributed by atoms with E-state index in [9.17, 15) is 22.4 Å². The Morgan fingerprint density at radius 1 is 0.971 bits per heavy atom. The number of carbonyl (C=O) groups excluding carboxylic acids is 1. The highest BCUT2D eigenvalue weighted by Crippen LogP contribution is 2.20. The van der Waals surface area contributed by atoms with Crippen LogP contribution >= 0.6 is 0 Å². The molecule has 0 aliphatic rings. The van der Waals surface area contributed by atoms with E-state index in [2.05, 4.69) is 15.0 Å². The van der Waals surface area contributed by atoms with Gasteiger partial charge < -0.3 is 10.3 Å². The van der Waals surface area contributed by atoms with E-state index in [0.717, 1.165) is 12.0 Å². The molecule has 4 aromatic rings. The van der Waals surface area contributed by atoms with Gasteiger partial charge >= 0.3 is 0 Å². The molecule has 3 aromatic carbocycles. The van der Waals surface area contributed by atoms with Crippen LogP contribution in [-0.2, 0) is 23.0 Å². The van der Waals surface area contributed by atoms with Crippen LogP contribution in [0.25, 0.3) is 10.9 Å². The minimum atomic E-state index is -3.96. The van der Waals surface area contributed by atoms with Crippen LogP contribution in [0.1, 0.15) is 28.4 Å². The molecule has 9 heteroatoms. The van der Waals surface area contributed by atoms with Crippen LogP contribution in [0.15, 0.2) is 82.6 Å². The smallest absolute Gasteiger partial charge is 0.261 e. The Hall–Kier alpha value is -3.98. The van der Waals surface area contributed by atoms with Crippen molar-refractivity contribution in [3.8, 4) is 0 Å². The van der Waals surface area contributed by atoms with Crippen molar-refractivity contribution in [2.75, 3.05) is 4.72 Å². The molecule has 4 rings (SSSR count). The van der Waals surface area contributed by atoms with Crippen molar-refractivity contribution in [3.63, 3.8) is 0 Å². The number of pyridine rings is 1. The zero-order chi connectivity index (χ0) is 24.3. The Labute approximate surface area is 195 Å². The first-order valence-electron chi connectivity index (χ1n) is 10.6. The fourth-order valence-electron chi connectivity index (χ4n) is 3.44. The van der Waals surface area contributed by atoms with Crippen LogP contribution in [0.5, 0.6) is 0 Å². The molecular weight excluding hydrogens is 457 g/mol. The highest BCUT2D eigenvalue weighted by atomic mass is 32.2. The predicted molar refractivity (Wildman–Crippen MR) is 129 cm³/mol. The number of hydrogen-bond acceptors (Lipinski definition) is 4. The van der Waals surface area contributed by atoms with Gasteiger partial charge in [0.05, 0.1) is 4.90 Å². The maximum absolute atomic E-state index is 13.0. The molecule has 7 nitrogen and oxygen atoms in total. The SMILES string of the molecule is CCc1ccc(NS(=O)(=O)c2ccc3[nH]cc(C(=O)NCc4ccc(F)cc4)c(=O)c3c2)cc1. The average Bonchev–Trinajstić information content (AvgIpc) is 2.84.